The summed E-state index contributed by atoms with van der Waals surface area (Å²) in [5.74, 6) is -1.80. The summed E-state index contributed by atoms with van der Waals surface area (Å²) in [6.07, 6.45) is -0.263. The van der Waals surface area contributed by atoms with E-state index in [-0.39, 0.29) is 23.6 Å². The number of carboxylic acids is 1. The molecule has 0 spiro atoms. The van der Waals surface area contributed by atoms with Crippen LogP contribution >= 0.6 is 11.6 Å². The smallest absolute Gasteiger partial charge is 0.326 e. The topological polar surface area (TPSA) is 83.5 Å². The molecule has 3 rings (SSSR count). The predicted molar refractivity (Wildman–Crippen MR) is 112 cm³/mol. The van der Waals surface area contributed by atoms with Gasteiger partial charge < -0.3 is 10.4 Å². The maximum absolute atomic E-state index is 12.9. The molecule has 0 fully saturated rings. The van der Waals surface area contributed by atoms with Crippen molar-refractivity contribution in [1.29, 1.82) is 0 Å². The number of carboxylic acid groups (broad SMARTS) is 1. The van der Waals surface area contributed by atoms with Crippen LogP contribution in [0.1, 0.15) is 32.7 Å². The lowest BCUT2D eigenvalue weighted by molar-refractivity contribution is -0.137. The zero-order valence-electron chi connectivity index (χ0n) is 15.3. The van der Waals surface area contributed by atoms with Crippen molar-refractivity contribution in [2.24, 2.45) is 0 Å². The van der Waals surface area contributed by atoms with Gasteiger partial charge in [0.15, 0.2) is 11.6 Å². The molecular weight excluding hydrogens is 390 g/mol. The largest absolute Gasteiger partial charge is 0.480 e. The summed E-state index contributed by atoms with van der Waals surface area (Å²) in [7, 11) is 0. The number of hydrogen-bond acceptors (Lipinski definition) is 4. The average Bonchev–Trinajstić information content (AvgIpc) is 2.75. The summed E-state index contributed by atoms with van der Waals surface area (Å²) < 4.78 is 0. The SMILES string of the molecule is O=C(CC(Nc1ccc(Cl)cc1C(=O)c1ccccc1)C(=O)O)c1ccccc1. The first kappa shape index (κ1) is 20.3. The minimum Gasteiger partial charge on any atom is -0.480 e. The Bertz CT molecular complexity index is 1040. The molecule has 0 heterocycles. The highest BCUT2D eigenvalue weighted by atomic mass is 35.5. The second-order valence-corrected chi connectivity index (χ2v) is 6.85. The highest BCUT2D eigenvalue weighted by molar-refractivity contribution is 6.31. The van der Waals surface area contributed by atoms with Crippen LogP contribution in [0.4, 0.5) is 5.69 Å². The van der Waals surface area contributed by atoms with Gasteiger partial charge in [-0.15, -0.1) is 0 Å². The van der Waals surface area contributed by atoms with Crippen LogP contribution in [-0.4, -0.2) is 28.7 Å². The summed E-state index contributed by atoms with van der Waals surface area (Å²) in [5, 5.41) is 12.8. The Morgan fingerprint density at radius 2 is 1.45 bits per heavy atom. The Balaban J connectivity index is 1.88. The highest BCUT2D eigenvalue weighted by Crippen LogP contribution is 2.25. The molecule has 0 aliphatic carbocycles. The molecule has 1 atom stereocenters. The van der Waals surface area contributed by atoms with Crippen LogP contribution in [0.15, 0.2) is 78.9 Å². The van der Waals surface area contributed by atoms with Gasteiger partial charge in [-0.25, -0.2) is 4.79 Å². The first-order valence-corrected chi connectivity index (χ1v) is 9.30. The number of rotatable bonds is 8. The van der Waals surface area contributed by atoms with E-state index in [1.54, 1.807) is 72.8 Å². The Morgan fingerprint density at radius 1 is 0.862 bits per heavy atom. The molecule has 0 saturated heterocycles. The number of Topliss-reactive ketones (excluding diaryl/α,β-unsaturated/α-hetero) is 1. The monoisotopic (exact) mass is 407 g/mol. The summed E-state index contributed by atoms with van der Waals surface area (Å²) in [5.41, 5.74) is 1.42. The zero-order valence-corrected chi connectivity index (χ0v) is 16.1. The number of hydrogen-bond donors (Lipinski definition) is 2. The molecule has 5 nitrogen and oxygen atoms in total. The van der Waals surface area contributed by atoms with Crippen LogP contribution in [0.2, 0.25) is 5.02 Å². The first-order valence-electron chi connectivity index (χ1n) is 8.92. The van der Waals surface area contributed by atoms with E-state index in [4.69, 9.17) is 11.6 Å². The third-order valence-electron chi connectivity index (χ3n) is 4.38. The molecule has 6 heteroatoms. The normalized spacial score (nSPS) is 11.5. The number of ketones is 2. The molecular formula is C23H18ClNO4. The number of halogens is 1. The van der Waals surface area contributed by atoms with Crippen LogP contribution in [-0.2, 0) is 4.79 Å². The number of carbonyl (C=O) groups excluding carboxylic acids is 2. The quantitative estimate of drug-likeness (QED) is 0.528. The molecule has 0 bridgehead atoms. The van der Waals surface area contributed by atoms with Gasteiger partial charge in [0.05, 0.1) is 0 Å². The summed E-state index contributed by atoms with van der Waals surface area (Å²) in [6, 6.07) is 20.5. The van der Waals surface area contributed by atoms with Crippen molar-refractivity contribution in [3.8, 4) is 0 Å². The van der Waals surface area contributed by atoms with E-state index in [0.717, 1.165) is 0 Å². The molecule has 3 aromatic rings. The maximum Gasteiger partial charge on any atom is 0.326 e. The van der Waals surface area contributed by atoms with E-state index >= 15 is 0 Å². The minimum atomic E-state index is -1.20. The van der Waals surface area contributed by atoms with Gasteiger partial charge in [0.25, 0.3) is 0 Å². The predicted octanol–water partition coefficient (Wildman–Crippen LogP) is 4.71. The van der Waals surface area contributed by atoms with E-state index < -0.39 is 12.0 Å². The van der Waals surface area contributed by atoms with Crippen molar-refractivity contribution in [2.45, 2.75) is 12.5 Å². The van der Waals surface area contributed by atoms with E-state index in [2.05, 4.69) is 5.32 Å². The van der Waals surface area contributed by atoms with Gasteiger partial charge in [-0.2, -0.15) is 0 Å². The molecule has 146 valence electrons. The molecule has 0 amide bonds. The number of carbonyl (C=O) groups is 3. The second-order valence-electron chi connectivity index (χ2n) is 6.41. The number of anilines is 1. The first-order chi connectivity index (χ1) is 14.0. The number of benzene rings is 3. The zero-order chi connectivity index (χ0) is 20.8. The maximum atomic E-state index is 12.9. The second kappa shape index (κ2) is 9.17. The van der Waals surface area contributed by atoms with Gasteiger partial charge in [-0.05, 0) is 18.2 Å². The molecule has 0 radical (unpaired) electrons. The Hall–Kier alpha value is -3.44. The van der Waals surface area contributed by atoms with E-state index in [1.165, 1.54) is 6.07 Å². The number of nitrogens with one attached hydrogen (secondary N) is 1. The molecule has 2 N–H and O–H groups in total. The lowest BCUT2D eigenvalue weighted by atomic mass is 9.99. The van der Waals surface area contributed by atoms with Crippen molar-refractivity contribution in [2.75, 3.05) is 5.32 Å². The average molecular weight is 408 g/mol. The Kier molecular flexibility index (Phi) is 6.42. The van der Waals surface area contributed by atoms with Gasteiger partial charge in [0.2, 0.25) is 0 Å². The van der Waals surface area contributed by atoms with E-state index in [9.17, 15) is 19.5 Å². The molecule has 1 unspecified atom stereocenters. The van der Waals surface area contributed by atoms with Gasteiger partial charge in [-0.1, -0.05) is 72.3 Å². The fourth-order valence-electron chi connectivity index (χ4n) is 2.89. The standard InChI is InChI=1S/C23H18ClNO4/c24-17-11-12-19(18(13-17)22(27)16-9-5-2-6-10-16)25-20(23(28)29)14-21(26)15-7-3-1-4-8-15/h1-13,20,25H,14H2,(H,28,29). The van der Waals surface area contributed by atoms with E-state index in [1.807, 2.05) is 0 Å². The molecule has 29 heavy (non-hydrogen) atoms. The molecule has 0 saturated carbocycles. The van der Waals surface area contributed by atoms with Crippen molar-refractivity contribution >= 4 is 34.8 Å². The number of aliphatic carboxylic acids is 1. The van der Waals surface area contributed by atoms with Gasteiger partial charge in [0.1, 0.15) is 6.04 Å². The summed E-state index contributed by atoms with van der Waals surface area (Å²) in [6.45, 7) is 0. The van der Waals surface area contributed by atoms with Crippen LogP contribution in [0.5, 0.6) is 0 Å². The fraction of sp³-hybridized carbons (Fsp3) is 0.0870. The highest BCUT2D eigenvalue weighted by Gasteiger charge is 2.24. The Labute approximate surface area is 173 Å². The van der Waals surface area contributed by atoms with E-state index in [0.29, 0.717) is 21.8 Å². The molecule has 3 aromatic carbocycles. The van der Waals surface area contributed by atoms with Crippen molar-refractivity contribution in [3.05, 3.63) is 101 Å². The van der Waals surface area contributed by atoms with Gasteiger partial charge in [0, 0.05) is 33.8 Å². The third-order valence-corrected chi connectivity index (χ3v) is 4.61. The summed E-state index contributed by atoms with van der Waals surface area (Å²) in [4.78, 5) is 37.1. The lowest BCUT2D eigenvalue weighted by Gasteiger charge is -2.18. The van der Waals surface area contributed by atoms with Crippen LogP contribution < -0.4 is 5.32 Å². The van der Waals surface area contributed by atoms with Crippen LogP contribution in [0.25, 0.3) is 0 Å². The van der Waals surface area contributed by atoms with Crippen LogP contribution in [0.3, 0.4) is 0 Å². The third kappa shape index (κ3) is 5.09. The molecule has 0 aliphatic rings. The molecule has 0 aliphatic heterocycles. The fourth-order valence-corrected chi connectivity index (χ4v) is 3.06. The van der Waals surface area contributed by atoms with Crippen LogP contribution in [0, 0.1) is 0 Å². The van der Waals surface area contributed by atoms with Gasteiger partial charge >= 0.3 is 5.97 Å². The lowest BCUT2D eigenvalue weighted by Crippen LogP contribution is -2.32. The van der Waals surface area contributed by atoms with Crippen molar-refractivity contribution in [1.82, 2.24) is 0 Å². The van der Waals surface area contributed by atoms with Crippen molar-refractivity contribution < 1.29 is 19.5 Å². The Morgan fingerprint density at radius 3 is 2.03 bits per heavy atom. The van der Waals surface area contributed by atoms with Crippen molar-refractivity contribution in [3.63, 3.8) is 0 Å². The summed E-state index contributed by atoms with van der Waals surface area (Å²) >= 11 is 6.06. The molecule has 0 aromatic heterocycles. The minimum absolute atomic E-state index is 0.238. The van der Waals surface area contributed by atoms with Gasteiger partial charge in [-0.3, -0.25) is 9.59 Å².